The van der Waals surface area contributed by atoms with Gasteiger partial charge in [-0.15, -0.1) is 10.2 Å². The van der Waals surface area contributed by atoms with Gasteiger partial charge in [0.1, 0.15) is 5.82 Å². The fraction of sp³-hybridized carbons (Fsp3) is 0.150. The standard InChI is InChI=1S/C20H17ClN4O/c21-16-7-5-14(6-8-16)13-22-19-10-9-17(23-24-19)20(26)25-12-11-15-3-1-2-4-18(15)25/h1-10H,11-13H2,(H,22,24). The smallest absolute Gasteiger partial charge is 0.278 e. The first-order chi connectivity index (χ1) is 12.7. The monoisotopic (exact) mass is 364 g/mol. The number of amides is 1. The average molecular weight is 365 g/mol. The maximum Gasteiger partial charge on any atom is 0.278 e. The maximum absolute atomic E-state index is 12.7. The van der Waals surface area contributed by atoms with Crippen LogP contribution >= 0.6 is 11.6 Å². The van der Waals surface area contributed by atoms with Crippen molar-refractivity contribution in [3.63, 3.8) is 0 Å². The van der Waals surface area contributed by atoms with Crippen LogP contribution in [-0.2, 0) is 13.0 Å². The normalized spacial score (nSPS) is 12.7. The zero-order valence-electron chi connectivity index (χ0n) is 14.0. The van der Waals surface area contributed by atoms with Crippen molar-refractivity contribution in [2.75, 3.05) is 16.8 Å². The van der Waals surface area contributed by atoms with Crippen molar-refractivity contribution in [3.05, 3.63) is 82.5 Å². The molecule has 1 N–H and O–H groups in total. The predicted octanol–water partition coefficient (Wildman–Crippen LogP) is 3.95. The Labute approximate surface area is 156 Å². The molecule has 4 rings (SSSR count). The SMILES string of the molecule is O=C(c1ccc(NCc2ccc(Cl)cc2)nn1)N1CCc2ccccc21. The van der Waals surface area contributed by atoms with Crippen LogP contribution in [-0.4, -0.2) is 22.6 Å². The van der Waals surface area contributed by atoms with Gasteiger partial charge >= 0.3 is 0 Å². The molecule has 3 aromatic rings. The van der Waals surface area contributed by atoms with Gasteiger partial charge in [-0.3, -0.25) is 4.79 Å². The van der Waals surface area contributed by atoms with E-state index in [1.54, 1.807) is 17.0 Å². The third-order valence-electron chi connectivity index (χ3n) is 4.40. The second kappa shape index (κ2) is 7.14. The minimum Gasteiger partial charge on any atom is -0.365 e. The molecule has 2 heterocycles. The van der Waals surface area contributed by atoms with E-state index in [1.165, 1.54) is 5.56 Å². The number of hydrogen-bond donors (Lipinski definition) is 1. The molecule has 0 spiro atoms. The molecule has 0 unspecified atom stereocenters. The van der Waals surface area contributed by atoms with Gasteiger partial charge in [0.05, 0.1) is 0 Å². The molecule has 0 fully saturated rings. The van der Waals surface area contributed by atoms with Crippen molar-refractivity contribution in [2.24, 2.45) is 0 Å². The molecular weight excluding hydrogens is 348 g/mol. The van der Waals surface area contributed by atoms with Gasteiger partial charge in [-0.05, 0) is 47.9 Å². The zero-order valence-corrected chi connectivity index (χ0v) is 14.8. The fourth-order valence-corrected chi connectivity index (χ4v) is 3.15. The summed E-state index contributed by atoms with van der Waals surface area (Å²) < 4.78 is 0. The molecule has 5 nitrogen and oxygen atoms in total. The highest BCUT2D eigenvalue weighted by atomic mass is 35.5. The third-order valence-corrected chi connectivity index (χ3v) is 4.65. The van der Waals surface area contributed by atoms with Gasteiger partial charge < -0.3 is 10.2 Å². The van der Waals surface area contributed by atoms with Crippen molar-refractivity contribution < 1.29 is 4.79 Å². The number of nitrogens with zero attached hydrogens (tertiary/aromatic N) is 3. The molecule has 0 radical (unpaired) electrons. The van der Waals surface area contributed by atoms with Crippen LogP contribution in [0.1, 0.15) is 21.6 Å². The second-order valence-corrected chi connectivity index (χ2v) is 6.56. The van der Waals surface area contributed by atoms with Gasteiger partial charge in [-0.2, -0.15) is 0 Å². The number of benzene rings is 2. The Balaban J connectivity index is 1.43. The van der Waals surface area contributed by atoms with Gasteiger partial charge in [0.25, 0.3) is 5.91 Å². The number of rotatable bonds is 4. The predicted molar refractivity (Wildman–Crippen MR) is 103 cm³/mol. The highest BCUT2D eigenvalue weighted by molar-refractivity contribution is 6.30. The van der Waals surface area contributed by atoms with E-state index in [1.807, 2.05) is 42.5 Å². The van der Waals surface area contributed by atoms with E-state index in [2.05, 4.69) is 21.6 Å². The van der Waals surface area contributed by atoms with E-state index in [0.29, 0.717) is 29.6 Å². The number of aromatic nitrogens is 2. The lowest BCUT2D eigenvalue weighted by atomic mass is 10.2. The highest BCUT2D eigenvalue weighted by Gasteiger charge is 2.26. The molecule has 1 aliphatic rings. The number of halogens is 1. The molecular formula is C20H17ClN4O. The van der Waals surface area contributed by atoms with Crippen LogP contribution in [0.15, 0.2) is 60.7 Å². The summed E-state index contributed by atoms with van der Waals surface area (Å²) in [5, 5.41) is 12.1. The Bertz CT molecular complexity index is 925. The summed E-state index contributed by atoms with van der Waals surface area (Å²) in [6.07, 6.45) is 0.871. The second-order valence-electron chi connectivity index (χ2n) is 6.12. The number of fused-ring (bicyclic) bond motifs is 1. The highest BCUT2D eigenvalue weighted by Crippen LogP contribution is 2.28. The molecule has 0 bridgehead atoms. The van der Waals surface area contributed by atoms with E-state index in [-0.39, 0.29) is 5.91 Å². The molecule has 1 amide bonds. The van der Waals surface area contributed by atoms with Gasteiger partial charge in [0.15, 0.2) is 5.69 Å². The van der Waals surface area contributed by atoms with Crippen LogP contribution < -0.4 is 10.2 Å². The zero-order chi connectivity index (χ0) is 17.9. The number of carbonyl (C=O) groups excluding carboxylic acids is 1. The quantitative estimate of drug-likeness (QED) is 0.761. The van der Waals surface area contributed by atoms with Crippen LogP contribution in [0.5, 0.6) is 0 Å². The molecule has 0 saturated carbocycles. The number of nitrogens with one attached hydrogen (secondary N) is 1. The Morgan fingerprint density at radius 3 is 2.62 bits per heavy atom. The van der Waals surface area contributed by atoms with Crippen molar-refractivity contribution in [1.82, 2.24) is 10.2 Å². The van der Waals surface area contributed by atoms with Gasteiger partial charge in [0, 0.05) is 23.8 Å². The maximum atomic E-state index is 12.7. The molecule has 1 aliphatic heterocycles. The number of carbonyl (C=O) groups is 1. The van der Waals surface area contributed by atoms with Crippen LogP contribution in [0.4, 0.5) is 11.5 Å². The topological polar surface area (TPSA) is 58.1 Å². The number of anilines is 2. The molecule has 0 atom stereocenters. The molecule has 1 aromatic heterocycles. The van der Waals surface area contributed by atoms with E-state index >= 15 is 0 Å². The van der Waals surface area contributed by atoms with E-state index < -0.39 is 0 Å². The van der Waals surface area contributed by atoms with Crippen LogP contribution in [0.2, 0.25) is 5.02 Å². The first-order valence-electron chi connectivity index (χ1n) is 8.42. The minimum atomic E-state index is -0.119. The lowest BCUT2D eigenvalue weighted by molar-refractivity contribution is 0.0983. The van der Waals surface area contributed by atoms with Crippen molar-refractivity contribution in [3.8, 4) is 0 Å². The molecule has 130 valence electrons. The van der Waals surface area contributed by atoms with Crippen LogP contribution in [0.3, 0.4) is 0 Å². The third kappa shape index (κ3) is 3.39. The summed E-state index contributed by atoms with van der Waals surface area (Å²) in [6, 6.07) is 19.0. The van der Waals surface area contributed by atoms with Gasteiger partial charge in [-0.1, -0.05) is 41.9 Å². The Hall–Kier alpha value is -2.92. The summed E-state index contributed by atoms with van der Waals surface area (Å²) in [4.78, 5) is 14.5. The largest absolute Gasteiger partial charge is 0.365 e. The minimum absolute atomic E-state index is 0.119. The summed E-state index contributed by atoms with van der Waals surface area (Å²) in [5.41, 5.74) is 3.59. The first kappa shape index (κ1) is 16.5. The number of hydrogen-bond acceptors (Lipinski definition) is 4. The van der Waals surface area contributed by atoms with E-state index in [4.69, 9.17) is 11.6 Å². The summed E-state index contributed by atoms with van der Waals surface area (Å²) in [7, 11) is 0. The molecule has 26 heavy (non-hydrogen) atoms. The first-order valence-corrected chi connectivity index (χ1v) is 8.80. The van der Waals surface area contributed by atoms with Crippen LogP contribution in [0.25, 0.3) is 0 Å². The Morgan fingerprint density at radius 1 is 1.04 bits per heavy atom. The Morgan fingerprint density at radius 2 is 1.85 bits per heavy atom. The summed E-state index contributed by atoms with van der Waals surface area (Å²) >= 11 is 5.88. The van der Waals surface area contributed by atoms with Gasteiger partial charge in [0.2, 0.25) is 0 Å². The molecule has 0 aliphatic carbocycles. The molecule has 6 heteroatoms. The lowest BCUT2D eigenvalue weighted by Crippen LogP contribution is -2.29. The number of para-hydroxylation sites is 1. The van der Waals surface area contributed by atoms with Gasteiger partial charge in [-0.25, -0.2) is 0 Å². The summed E-state index contributed by atoms with van der Waals surface area (Å²) in [6.45, 7) is 1.29. The van der Waals surface area contributed by atoms with E-state index in [9.17, 15) is 4.79 Å². The average Bonchev–Trinajstić information content (AvgIpc) is 3.11. The Kier molecular flexibility index (Phi) is 4.54. The van der Waals surface area contributed by atoms with Crippen molar-refractivity contribution in [2.45, 2.75) is 13.0 Å². The van der Waals surface area contributed by atoms with E-state index in [0.717, 1.165) is 17.7 Å². The summed E-state index contributed by atoms with van der Waals surface area (Å²) in [5.74, 6) is 0.505. The van der Waals surface area contributed by atoms with Crippen molar-refractivity contribution in [1.29, 1.82) is 0 Å². The fourth-order valence-electron chi connectivity index (χ4n) is 3.02. The molecule has 0 saturated heterocycles. The van der Waals surface area contributed by atoms with Crippen LogP contribution in [0, 0.1) is 0 Å². The lowest BCUT2D eigenvalue weighted by Gasteiger charge is -2.16. The van der Waals surface area contributed by atoms with Crippen molar-refractivity contribution >= 4 is 29.0 Å². The molecule has 2 aromatic carbocycles.